The van der Waals surface area contributed by atoms with Crippen molar-refractivity contribution in [2.24, 2.45) is 5.92 Å². The Hall–Kier alpha value is -3.54. The molecule has 0 saturated carbocycles. The van der Waals surface area contributed by atoms with E-state index in [1.54, 1.807) is 24.3 Å². The third kappa shape index (κ3) is 4.32. The van der Waals surface area contributed by atoms with Gasteiger partial charge in [0.05, 0.1) is 5.52 Å². The minimum Gasteiger partial charge on any atom is -0.338 e. The van der Waals surface area contributed by atoms with E-state index in [1.165, 1.54) is 6.08 Å². The molecule has 0 radical (unpaired) electrons. The lowest BCUT2D eigenvalue weighted by Crippen LogP contribution is -2.29. The molecule has 146 valence electrons. The second-order valence-corrected chi connectivity index (χ2v) is 7.23. The third-order valence-electron chi connectivity index (χ3n) is 5.17. The van der Waals surface area contributed by atoms with Gasteiger partial charge in [-0.05, 0) is 48.7 Å². The van der Waals surface area contributed by atoms with E-state index in [0.717, 1.165) is 36.1 Å². The summed E-state index contributed by atoms with van der Waals surface area (Å²) in [6, 6.07) is 14.9. The van der Waals surface area contributed by atoms with Gasteiger partial charge in [0, 0.05) is 42.3 Å². The standard InChI is InChI=1S/C23H22N4O2/c1-2-22(28)25-19-9-7-17(8-10-19)23(29)27-12-11-16(15-27)13-21-24-14-18-5-3-4-6-20(18)26-21/h2-10,14,16H,1,11-13,15H2,(H,25,28)/t16-/m0/s1. The van der Waals surface area contributed by atoms with Crippen LogP contribution in [-0.4, -0.2) is 39.8 Å². The van der Waals surface area contributed by atoms with E-state index in [0.29, 0.717) is 23.7 Å². The molecule has 2 amide bonds. The second kappa shape index (κ2) is 8.22. The van der Waals surface area contributed by atoms with Gasteiger partial charge in [-0.15, -0.1) is 0 Å². The number of rotatable bonds is 5. The number of anilines is 1. The number of para-hydroxylation sites is 1. The van der Waals surface area contributed by atoms with Gasteiger partial charge in [0.25, 0.3) is 5.91 Å². The fourth-order valence-electron chi connectivity index (χ4n) is 3.62. The zero-order valence-corrected chi connectivity index (χ0v) is 16.0. The summed E-state index contributed by atoms with van der Waals surface area (Å²) in [6.45, 7) is 4.85. The summed E-state index contributed by atoms with van der Waals surface area (Å²) in [5, 5.41) is 3.71. The van der Waals surface area contributed by atoms with Crippen LogP contribution in [0.15, 0.2) is 67.4 Å². The van der Waals surface area contributed by atoms with Crippen LogP contribution in [0.3, 0.4) is 0 Å². The predicted molar refractivity (Wildman–Crippen MR) is 113 cm³/mol. The van der Waals surface area contributed by atoms with Gasteiger partial charge in [-0.3, -0.25) is 9.59 Å². The van der Waals surface area contributed by atoms with Crippen molar-refractivity contribution in [3.05, 3.63) is 78.8 Å². The van der Waals surface area contributed by atoms with Crippen molar-refractivity contribution >= 4 is 28.4 Å². The summed E-state index contributed by atoms with van der Waals surface area (Å²) < 4.78 is 0. The highest BCUT2D eigenvalue weighted by Gasteiger charge is 2.27. The van der Waals surface area contributed by atoms with Crippen LogP contribution in [0.2, 0.25) is 0 Å². The van der Waals surface area contributed by atoms with E-state index in [9.17, 15) is 9.59 Å². The maximum Gasteiger partial charge on any atom is 0.253 e. The number of aromatic nitrogens is 2. The molecule has 0 aliphatic carbocycles. The van der Waals surface area contributed by atoms with Gasteiger partial charge in [-0.2, -0.15) is 0 Å². The Kier molecular flexibility index (Phi) is 5.33. The van der Waals surface area contributed by atoms with Crippen molar-refractivity contribution < 1.29 is 9.59 Å². The lowest BCUT2D eigenvalue weighted by molar-refractivity contribution is -0.111. The Morgan fingerprint density at radius 1 is 1.17 bits per heavy atom. The number of carbonyl (C=O) groups excluding carboxylic acids is 2. The Balaban J connectivity index is 1.37. The minimum absolute atomic E-state index is 0.00790. The van der Waals surface area contributed by atoms with Crippen LogP contribution >= 0.6 is 0 Å². The van der Waals surface area contributed by atoms with Crippen LogP contribution in [0.1, 0.15) is 22.6 Å². The second-order valence-electron chi connectivity index (χ2n) is 7.23. The predicted octanol–water partition coefficient (Wildman–Crippen LogP) is 3.46. The van der Waals surface area contributed by atoms with Gasteiger partial charge in [-0.1, -0.05) is 24.8 Å². The molecule has 1 aliphatic rings. The number of benzene rings is 2. The summed E-state index contributed by atoms with van der Waals surface area (Å²) in [4.78, 5) is 35.2. The number of nitrogens with zero attached hydrogens (tertiary/aromatic N) is 3. The van der Waals surface area contributed by atoms with E-state index < -0.39 is 0 Å². The number of amides is 2. The monoisotopic (exact) mass is 386 g/mol. The van der Waals surface area contributed by atoms with Crippen molar-refractivity contribution in [1.29, 1.82) is 0 Å². The molecule has 0 bridgehead atoms. The highest BCUT2D eigenvalue weighted by molar-refractivity contribution is 5.99. The number of hydrogen-bond donors (Lipinski definition) is 1. The summed E-state index contributed by atoms with van der Waals surface area (Å²) in [5.74, 6) is 0.910. The number of likely N-dealkylation sites (tertiary alicyclic amines) is 1. The van der Waals surface area contributed by atoms with Crippen LogP contribution in [-0.2, 0) is 11.2 Å². The van der Waals surface area contributed by atoms with E-state index in [4.69, 9.17) is 0 Å². The van der Waals surface area contributed by atoms with E-state index in [1.807, 2.05) is 35.4 Å². The fraction of sp³-hybridized carbons (Fsp3) is 0.217. The van der Waals surface area contributed by atoms with Crippen LogP contribution in [0.4, 0.5) is 5.69 Å². The number of hydrogen-bond acceptors (Lipinski definition) is 4. The molecule has 1 N–H and O–H groups in total. The van der Waals surface area contributed by atoms with Crippen LogP contribution < -0.4 is 5.32 Å². The normalized spacial score (nSPS) is 16.0. The zero-order chi connectivity index (χ0) is 20.2. The van der Waals surface area contributed by atoms with Gasteiger partial charge >= 0.3 is 0 Å². The average Bonchev–Trinajstić information content (AvgIpc) is 3.22. The van der Waals surface area contributed by atoms with Crippen LogP contribution in [0.25, 0.3) is 10.9 Å². The lowest BCUT2D eigenvalue weighted by Gasteiger charge is -2.17. The lowest BCUT2D eigenvalue weighted by atomic mass is 10.0. The van der Waals surface area contributed by atoms with Gasteiger partial charge in [-0.25, -0.2) is 9.97 Å². The zero-order valence-electron chi connectivity index (χ0n) is 16.0. The molecular weight excluding hydrogens is 364 g/mol. The maximum atomic E-state index is 12.8. The first-order valence-electron chi connectivity index (χ1n) is 9.66. The van der Waals surface area contributed by atoms with Crippen molar-refractivity contribution in [2.75, 3.05) is 18.4 Å². The average molecular weight is 386 g/mol. The summed E-state index contributed by atoms with van der Waals surface area (Å²) >= 11 is 0. The quantitative estimate of drug-likeness (QED) is 0.682. The molecule has 0 spiro atoms. The molecular formula is C23H22N4O2. The molecule has 29 heavy (non-hydrogen) atoms. The first-order chi connectivity index (χ1) is 14.1. The van der Waals surface area contributed by atoms with Crippen molar-refractivity contribution in [2.45, 2.75) is 12.8 Å². The van der Waals surface area contributed by atoms with Gasteiger partial charge in [0.2, 0.25) is 5.91 Å². The third-order valence-corrected chi connectivity index (χ3v) is 5.17. The highest BCUT2D eigenvalue weighted by Crippen LogP contribution is 2.23. The molecule has 2 aromatic carbocycles. The van der Waals surface area contributed by atoms with E-state index in [-0.39, 0.29) is 11.8 Å². The number of nitrogens with one attached hydrogen (secondary N) is 1. The largest absolute Gasteiger partial charge is 0.338 e. The molecule has 4 rings (SSSR count). The van der Waals surface area contributed by atoms with Crippen molar-refractivity contribution in [1.82, 2.24) is 14.9 Å². The molecule has 1 fully saturated rings. The number of fused-ring (bicyclic) bond motifs is 1. The van der Waals surface area contributed by atoms with Gasteiger partial charge in [0.15, 0.2) is 0 Å². The molecule has 1 aromatic heterocycles. The Morgan fingerprint density at radius 3 is 2.76 bits per heavy atom. The molecule has 2 heterocycles. The van der Waals surface area contributed by atoms with Gasteiger partial charge < -0.3 is 10.2 Å². The van der Waals surface area contributed by atoms with E-state index in [2.05, 4.69) is 21.9 Å². The van der Waals surface area contributed by atoms with Crippen molar-refractivity contribution in [3.63, 3.8) is 0 Å². The number of carbonyl (C=O) groups is 2. The SMILES string of the molecule is C=CC(=O)Nc1ccc(C(=O)N2CC[C@@H](Cc3ncc4ccccc4n3)C2)cc1. The molecule has 6 heteroatoms. The van der Waals surface area contributed by atoms with E-state index >= 15 is 0 Å². The molecule has 1 aliphatic heterocycles. The smallest absolute Gasteiger partial charge is 0.253 e. The first kappa shape index (κ1) is 18.8. The van der Waals surface area contributed by atoms with Crippen LogP contribution in [0, 0.1) is 5.92 Å². The summed E-state index contributed by atoms with van der Waals surface area (Å²) in [5.41, 5.74) is 2.20. The summed E-state index contributed by atoms with van der Waals surface area (Å²) in [6.07, 6.45) is 4.78. The molecule has 0 unspecified atom stereocenters. The molecule has 1 saturated heterocycles. The van der Waals surface area contributed by atoms with Gasteiger partial charge in [0.1, 0.15) is 5.82 Å². The Morgan fingerprint density at radius 2 is 1.97 bits per heavy atom. The maximum absolute atomic E-state index is 12.8. The molecule has 1 atom stereocenters. The topological polar surface area (TPSA) is 75.2 Å². The molecule has 3 aromatic rings. The minimum atomic E-state index is -0.276. The van der Waals surface area contributed by atoms with Crippen molar-refractivity contribution in [3.8, 4) is 0 Å². The fourth-order valence-corrected chi connectivity index (χ4v) is 3.62. The Bertz CT molecular complexity index is 1060. The van der Waals surface area contributed by atoms with Crippen LogP contribution in [0.5, 0.6) is 0 Å². The molecule has 6 nitrogen and oxygen atoms in total. The summed E-state index contributed by atoms with van der Waals surface area (Å²) in [7, 11) is 0. The highest BCUT2D eigenvalue weighted by atomic mass is 16.2. The Labute approximate surface area is 169 Å². The first-order valence-corrected chi connectivity index (χ1v) is 9.66.